The molecule has 6 nitrogen and oxygen atoms in total. The predicted molar refractivity (Wildman–Crippen MR) is 64.6 cm³/mol. The zero-order valence-corrected chi connectivity index (χ0v) is 10.2. The van der Waals surface area contributed by atoms with Gasteiger partial charge in [0.2, 0.25) is 11.8 Å². The molecule has 0 radical (unpaired) electrons. The van der Waals surface area contributed by atoms with E-state index in [9.17, 15) is 0 Å². The highest BCUT2D eigenvalue weighted by Crippen LogP contribution is 2.13. The summed E-state index contributed by atoms with van der Waals surface area (Å²) in [7, 11) is 5.61. The Hall–Kier alpha value is -1.56. The van der Waals surface area contributed by atoms with E-state index in [0.717, 1.165) is 6.54 Å². The van der Waals surface area contributed by atoms with Gasteiger partial charge in [-0.15, -0.1) is 0 Å². The number of anilines is 2. The van der Waals surface area contributed by atoms with Gasteiger partial charge in [-0.2, -0.15) is 9.97 Å². The Balaban J connectivity index is 2.63. The number of aromatic nitrogens is 2. The molecule has 0 aliphatic rings. The first-order valence-electron chi connectivity index (χ1n) is 5.11. The van der Waals surface area contributed by atoms with Gasteiger partial charge >= 0.3 is 0 Å². The number of hydrogen-bond acceptors (Lipinski definition) is 6. The molecular formula is C10H19N5O. The minimum Gasteiger partial charge on any atom is -0.481 e. The highest BCUT2D eigenvalue weighted by Gasteiger charge is 2.06. The maximum absolute atomic E-state index is 5.55. The van der Waals surface area contributed by atoms with Gasteiger partial charge in [0, 0.05) is 18.7 Å². The third-order valence-electron chi connectivity index (χ3n) is 2.39. The zero-order valence-electron chi connectivity index (χ0n) is 10.2. The van der Waals surface area contributed by atoms with E-state index in [0.29, 0.717) is 17.7 Å². The minimum atomic E-state index is 0.208. The van der Waals surface area contributed by atoms with Gasteiger partial charge in [0.15, 0.2) is 0 Å². The van der Waals surface area contributed by atoms with Crippen LogP contribution in [0.25, 0.3) is 0 Å². The predicted octanol–water partition coefficient (Wildman–Crippen LogP) is 0.429. The lowest BCUT2D eigenvalue weighted by Gasteiger charge is -2.20. The second-order valence-electron chi connectivity index (χ2n) is 3.85. The fourth-order valence-electron chi connectivity index (χ4n) is 1.07. The van der Waals surface area contributed by atoms with Crippen LogP contribution in [0.4, 0.5) is 11.8 Å². The van der Waals surface area contributed by atoms with Gasteiger partial charge in [-0.05, 0) is 21.0 Å². The van der Waals surface area contributed by atoms with Crippen molar-refractivity contribution in [2.75, 3.05) is 38.8 Å². The Morgan fingerprint density at radius 3 is 2.75 bits per heavy atom. The van der Waals surface area contributed by atoms with Crippen molar-refractivity contribution in [3.05, 3.63) is 6.07 Å². The van der Waals surface area contributed by atoms with E-state index in [2.05, 4.69) is 27.1 Å². The molecule has 0 aliphatic carbocycles. The first-order chi connectivity index (χ1) is 7.52. The van der Waals surface area contributed by atoms with Gasteiger partial charge < -0.3 is 20.7 Å². The van der Waals surface area contributed by atoms with Crippen molar-refractivity contribution < 1.29 is 4.74 Å². The van der Waals surface area contributed by atoms with Gasteiger partial charge in [-0.3, -0.25) is 0 Å². The molecular weight excluding hydrogens is 206 g/mol. The fourth-order valence-corrected chi connectivity index (χ4v) is 1.07. The number of likely N-dealkylation sites (N-methyl/N-ethyl adjacent to an activating group) is 1. The lowest BCUT2D eigenvalue weighted by atomic mass is 10.3. The molecule has 1 unspecified atom stereocenters. The summed E-state index contributed by atoms with van der Waals surface area (Å²) in [6, 6.07) is 2.13. The summed E-state index contributed by atoms with van der Waals surface area (Å²) in [6.45, 7) is 2.90. The van der Waals surface area contributed by atoms with Crippen LogP contribution in [-0.2, 0) is 0 Å². The minimum absolute atomic E-state index is 0.208. The number of nitrogens with zero attached hydrogens (tertiary/aromatic N) is 3. The van der Waals surface area contributed by atoms with Gasteiger partial charge in [-0.1, -0.05) is 0 Å². The number of methoxy groups -OCH3 is 1. The molecule has 6 heteroatoms. The van der Waals surface area contributed by atoms with Crippen LogP contribution in [-0.4, -0.2) is 48.7 Å². The topological polar surface area (TPSA) is 76.3 Å². The Kier molecular flexibility index (Phi) is 4.30. The Morgan fingerprint density at radius 1 is 1.50 bits per heavy atom. The summed E-state index contributed by atoms with van der Waals surface area (Å²) in [5.74, 6) is 1.35. The second kappa shape index (κ2) is 5.50. The fraction of sp³-hybridized carbons (Fsp3) is 0.600. The van der Waals surface area contributed by atoms with Crippen molar-refractivity contribution >= 4 is 11.8 Å². The van der Waals surface area contributed by atoms with Crippen LogP contribution in [0.5, 0.6) is 5.88 Å². The maximum Gasteiger partial charge on any atom is 0.225 e. The lowest BCUT2D eigenvalue weighted by molar-refractivity contribution is 0.326. The summed E-state index contributed by atoms with van der Waals surface area (Å²) >= 11 is 0. The van der Waals surface area contributed by atoms with Crippen LogP contribution < -0.4 is 15.8 Å². The van der Waals surface area contributed by atoms with Gasteiger partial charge in [0.25, 0.3) is 0 Å². The summed E-state index contributed by atoms with van der Waals surface area (Å²) in [5, 5.41) is 3.19. The van der Waals surface area contributed by atoms with Crippen molar-refractivity contribution in [1.82, 2.24) is 14.9 Å². The van der Waals surface area contributed by atoms with Crippen LogP contribution >= 0.6 is 0 Å². The van der Waals surface area contributed by atoms with Gasteiger partial charge in [-0.25, -0.2) is 0 Å². The first-order valence-corrected chi connectivity index (χ1v) is 5.11. The molecule has 0 aliphatic heterocycles. The third kappa shape index (κ3) is 3.54. The van der Waals surface area contributed by atoms with E-state index in [1.807, 2.05) is 14.1 Å². The van der Waals surface area contributed by atoms with Crippen molar-refractivity contribution in [2.45, 2.75) is 13.0 Å². The van der Waals surface area contributed by atoms with Crippen molar-refractivity contribution in [3.8, 4) is 5.88 Å². The quantitative estimate of drug-likeness (QED) is 0.756. The molecule has 16 heavy (non-hydrogen) atoms. The van der Waals surface area contributed by atoms with Crippen molar-refractivity contribution in [2.24, 2.45) is 0 Å². The molecule has 0 spiro atoms. The molecule has 1 aromatic rings. The largest absolute Gasteiger partial charge is 0.481 e. The number of ether oxygens (including phenoxy) is 1. The normalized spacial score (nSPS) is 12.6. The average Bonchev–Trinajstić information content (AvgIpc) is 2.24. The van der Waals surface area contributed by atoms with E-state index in [1.165, 1.54) is 0 Å². The standard InChI is InChI=1S/C10H19N5O/c1-7(15(2)3)6-12-8-5-9(16-4)14-10(11)13-8/h5,7H,6H2,1-4H3,(H3,11,12,13,14). The van der Waals surface area contributed by atoms with Crippen LogP contribution in [0.1, 0.15) is 6.92 Å². The molecule has 1 rings (SSSR count). The molecule has 0 saturated heterocycles. The summed E-state index contributed by atoms with van der Waals surface area (Å²) in [6.07, 6.45) is 0. The average molecular weight is 225 g/mol. The molecule has 3 N–H and O–H groups in total. The molecule has 1 atom stereocenters. The van der Waals surface area contributed by atoms with Crippen LogP contribution in [0.3, 0.4) is 0 Å². The highest BCUT2D eigenvalue weighted by molar-refractivity contribution is 5.42. The Labute approximate surface area is 95.8 Å². The Bertz CT molecular complexity index is 342. The molecule has 0 aromatic carbocycles. The smallest absolute Gasteiger partial charge is 0.225 e. The maximum atomic E-state index is 5.55. The zero-order chi connectivity index (χ0) is 12.1. The van der Waals surface area contributed by atoms with E-state index in [4.69, 9.17) is 10.5 Å². The molecule has 1 heterocycles. The molecule has 0 bridgehead atoms. The summed E-state index contributed by atoms with van der Waals surface area (Å²) in [4.78, 5) is 10.1. The first kappa shape index (κ1) is 12.5. The summed E-state index contributed by atoms with van der Waals surface area (Å²) < 4.78 is 5.01. The van der Waals surface area contributed by atoms with E-state index in [-0.39, 0.29) is 5.95 Å². The lowest BCUT2D eigenvalue weighted by Crippen LogP contribution is -2.31. The molecule has 0 saturated carbocycles. The number of rotatable bonds is 5. The van der Waals surface area contributed by atoms with Crippen LogP contribution in [0.2, 0.25) is 0 Å². The van der Waals surface area contributed by atoms with Gasteiger partial charge in [0.05, 0.1) is 7.11 Å². The molecule has 0 fully saturated rings. The SMILES string of the molecule is COc1cc(NCC(C)N(C)C)nc(N)n1. The highest BCUT2D eigenvalue weighted by atomic mass is 16.5. The number of hydrogen-bond donors (Lipinski definition) is 2. The van der Waals surface area contributed by atoms with E-state index < -0.39 is 0 Å². The second-order valence-corrected chi connectivity index (χ2v) is 3.85. The monoisotopic (exact) mass is 225 g/mol. The van der Waals surface area contributed by atoms with Crippen LogP contribution in [0, 0.1) is 0 Å². The van der Waals surface area contributed by atoms with E-state index >= 15 is 0 Å². The number of nitrogens with two attached hydrogens (primary N) is 1. The van der Waals surface area contributed by atoms with Crippen LogP contribution in [0.15, 0.2) is 6.07 Å². The Morgan fingerprint density at radius 2 is 2.19 bits per heavy atom. The van der Waals surface area contributed by atoms with E-state index in [1.54, 1.807) is 13.2 Å². The van der Waals surface area contributed by atoms with Gasteiger partial charge in [0.1, 0.15) is 5.82 Å². The molecule has 0 amide bonds. The van der Waals surface area contributed by atoms with Crippen molar-refractivity contribution in [3.63, 3.8) is 0 Å². The third-order valence-corrected chi connectivity index (χ3v) is 2.39. The molecule has 90 valence electrons. The number of nitrogen functional groups attached to an aromatic ring is 1. The number of nitrogens with one attached hydrogen (secondary N) is 1. The van der Waals surface area contributed by atoms with Crippen molar-refractivity contribution in [1.29, 1.82) is 0 Å². The summed E-state index contributed by atoms with van der Waals surface area (Å²) in [5.41, 5.74) is 5.55. The molecule has 1 aromatic heterocycles.